The standard InChI is InChI=1S/C11H16N2O4/c1-2-12-9(14)5-7-17-8-6-13-10(15)3-4-11(13)16/h3-4H,2,5-8H2,1H3,(H,12,14). The van der Waals surface area contributed by atoms with Crippen LogP contribution in [0.1, 0.15) is 13.3 Å². The first-order valence-corrected chi connectivity index (χ1v) is 5.53. The van der Waals surface area contributed by atoms with Gasteiger partial charge in [0.15, 0.2) is 0 Å². The fourth-order valence-electron chi connectivity index (χ4n) is 1.36. The molecule has 0 aromatic rings. The Balaban J connectivity index is 2.07. The van der Waals surface area contributed by atoms with Crippen molar-refractivity contribution in [2.75, 3.05) is 26.3 Å². The van der Waals surface area contributed by atoms with Crippen molar-refractivity contribution in [2.24, 2.45) is 0 Å². The van der Waals surface area contributed by atoms with Crippen molar-refractivity contribution in [3.63, 3.8) is 0 Å². The van der Waals surface area contributed by atoms with Crippen LogP contribution in [0.25, 0.3) is 0 Å². The summed E-state index contributed by atoms with van der Waals surface area (Å²) in [5, 5.41) is 2.64. The zero-order valence-corrected chi connectivity index (χ0v) is 9.77. The lowest BCUT2D eigenvalue weighted by Gasteiger charge is -2.13. The van der Waals surface area contributed by atoms with Crippen LogP contribution in [0.3, 0.4) is 0 Å². The van der Waals surface area contributed by atoms with Gasteiger partial charge in [-0.3, -0.25) is 19.3 Å². The highest BCUT2D eigenvalue weighted by Crippen LogP contribution is 2.02. The number of nitrogens with zero attached hydrogens (tertiary/aromatic N) is 1. The third-order valence-corrected chi connectivity index (χ3v) is 2.21. The molecule has 0 aliphatic carbocycles. The first-order chi connectivity index (χ1) is 8.15. The lowest BCUT2D eigenvalue weighted by atomic mass is 10.4. The van der Waals surface area contributed by atoms with E-state index in [4.69, 9.17) is 4.74 Å². The summed E-state index contributed by atoms with van der Waals surface area (Å²) >= 11 is 0. The lowest BCUT2D eigenvalue weighted by molar-refractivity contribution is -0.138. The predicted octanol–water partition coefficient (Wildman–Crippen LogP) is -0.546. The Hall–Kier alpha value is -1.69. The molecule has 1 heterocycles. The summed E-state index contributed by atoms with van der Waals surface area (Å²) < 4.78 is 5.17. The van der Waals surface area contributed by atoms with Crippen molar-refractivity contribution in [1.29, 1.82) is 0 Å². The molecule has 1 aliphatic heterocycles. The van der Waals surface area contributed by atoms with Crippen LogP contribution in [-0.4, -0.2) is 48.9 Å². The average Bonchev–Trinajstić information content (AvgIpc) is 2.60. The second kappa shape index (κ2) is 6.80. The first-order valence-electron chi connectivity index (χ1n) is 5.53. The van der Waals surface area contributed by atoms with Crippen LogP contribution in [0.2, 0.25) is 0 Å². The molecule has 0 spiro atoms. The third kappa shape index (κ3) is 4.36. The summed E-state index contributed by atoms with van der Waals surface area (Å²) in [6, 6.07) is 0. The molecule has 6 nitrogen and oxygen atoms in total. The van der Waals surface area contributed by atoms with Gasteiger partial charge in [0, 0.05) is 25.1 Å². The first kappa shape index (κ1) is 13.4. The van der Waals surface area contributed by atoms with Gasteiger partial charge in [-0.25, -0.2) is 0 Å². The smallest absolute Gasteiger partial charge is 0.253 e. The molecule has 0 bridgehead atoms. The molecular formula is C11H16N2O4. The Labute approximate surface area is 99.6 Å². The van der Waals surface area contributed by atoms with E-state index >= 15 is 0 Å². The summed E-state index contributed by atoms with van der Waals surface area (Å²) in [6.45, 7) is 3.20. The van der Waals surface area contributed by atoms with Crippen LogP contribution in [-0.2, 0) is 19.1 Å². The summed E-state index contributed by atoms with van der Waals surface area (Å²) in [5.74, 6) is -0.702. The summed E-state index contributed by atoms with van der Waals surface area (Å²) in [5.41, 5.74) is 0. The van der Waals surface area contributed by atoms with E-state index in [1.807, 2.05) is 6.92 Å². The molecule has 0 saturated carbocycles. The SMILES string of the molecule is CCNC(=O)CCOCCN1C(=O)C=CC1=O. The minimum absolute atomic E-state index is 0.0671. The van der Waals surface area contributed by atoms with Crippen LogP contribution < -0.4 is 5.32 Å². The van der Waals surface area contributed by atoms with Crippen molar-refractivity contribution in [2.45, 2.75) is 13.3 Å². The minimum atomic E-state index is -0.317. The predicted molar refractivity (Wildman–Crippen MR) is 60.0 cm³/mol. The zero-order chi connectivity index (χ0) is 12.7. The highest BCUT2D eigenvalue weighted by molar-refractivity contribution is 6.12. The molecule has 1 aliphatic rings. The molecule has 6 heteroatoms. The number of rotatable bonds is 7. The number of nitrogens with one attached hydrogen (secondary N) is 1. The maximum absolute atomic E-state index is 11.1. The van der Waals surface area contributed by atoms with E-state index in [1.54, 1.807) is 0 Å². The van der Waals surface area contributed by atoms with Gasteiger partial charge in [0.1, 0.15) is 0 Å². The Kier molecular flexibility index (Phi) is 5.35. The molecule has 1 N–H and O–H groups in total. The van der Waals surface area contributed by atoms with E-state index in [0.717, 1.165) is 4.90 Å². The molecule has 0 fully saturated rings. The molecule has 0 radical (unpaired) electrons. The van der Waals surface area contributed by atoms with Crippen LogP contribution >= 0.6 is 0 Å². The molecule has 0 saturated heterocycles. The van der Waals surface area contributed by atoms with E-state index in [2.05, 4.69) is 5.32 Å². The Bertz CT molecular complexity index is 320. The summed E-state index contributed by atoms with van der Waals surface area (Å²) in [7, 11) is 0. The van der Waals surface area contributed by atoms with Gasteiger partial charge in [-0.1, -0.05) is 0 Å². The van der Waals surface area contributed by atoms with Crippen LogP contribution in [0.15, 0.2) is 12.2 Å². The van der Waals surface area contributed by atoms with E-state index < -0.39 is 0 Å². The molecule has 0 aromatic carbocycles. The molecule has 1 rings (SSSR count). The van der Waals surface area contributed by atoms with Gasteiger partial charge >= 0.3 is 0 Å². The van der Waals surface area contributed by atoms with Gasteiger partial charge in [0.05, 0.1) is 19.8 Å². The number of imide groups is 1. The molecular weight excluding hydrogens is 224 g/mol. The molecule has 0 aromatic heterocycles. The number of hydrogen-bond donors (Lipinski definition) is 1. The average molecular weight is 240 g/mol. The van der Waals surface area contributed by atoms with Gasteiger partial charge in [-0.05, 0) is 6.92 Å². The number of carbonyl (C=O) groups excluding carboxylic acids is 3. The number of hydrogen-bond acceptors (Lipinski definition) is 4. The molecule has 0 atom stereocenters. The highest BCUT2D eigenvalue weighted by atomic mass is 16.5. The normalized spacial score (nSPS) is 14.5. The summed E-state index contributed by atoms with van der Waals surface area (Å²) in [4.78, 5) is 34.4. The second-order valence-corrected chi connectivity index (χ2v) is 3.48. The van der Waals surface area contributed by atoms with Gasteiger partial charge < -0.3 is 10.1 Å². The molecule has 3 amide bonds. The Morgan fingerprint density at radius 2 is 1.94 bits per heavy atom. The van der Waals surface area contributed by atoms with Crippen molar-refractivity contribution in [1.82, 2.24) is 10.2 Å². The third-order valence-electron chi connectivity index (χ3n) is 2.21. The molecule has 0 unspecified atom stereocenters. The van der Waals surface area contributed by atoms with Crippen LogP contribution in [0, 0.1) is 0 Å². The van der Waals surface area contributed by atoms with Crippen molar-refractivity contribution in [3.05, 3.63) is 12.2 Å². The van der Waals surface area contributed by atoms with Crippen LogP contribution in [0.5, 0.6) is 0 Å². The maximum atomic E-state index is 11.1. The number of carbonyl (C=O) groups is 3. The molecule has 94 valence electrons. The van der Waals surface area contributed by atoms with Gasteiger partial charge in [-0.2, -0.15) is 0 Å². The van der Waals surface area contributed by atoms with Crippen molar-refractivity contribution in [3.8, 4) is 0 Å². The number of amides is 3. The second-order valence-electron chi connectivity index (χ2n) is 3.48. The van der Waals surface area contributed by atoms with E-state index in [-0.39, 0.29) is 43.9 Å². The Morgan fingerprint density at radius 1 is 1.29 bits per heavy atom. The monoisotopic (exact) mass is 240 g/mol. The van der Waals surface area contributed by atoms with Gasteiger partial charge in [0.25, 0.3) is 11.8 Å². The van der Waals surface area contributed by atoms with Gasteiger partial charge in [-0.15, -0.1) is 0 Å². The Morgan fingerprint density at radius 3 is 2.53 bits per heavy atom. The highest BCUT2D eigenvalue weighted by Gasteiger charge is 2.22. The maximum Gasteiger partial charge on any atom is 0.253 e. The number of ether oxygens (including phenoxy) is 1. The fraction of sp³-hybridized carbons (Fsp3) is 0.545. The summed E-state index contributed by atoms with van der Waals surface area (Å²) in [6.07, 6.45) is 2.75. The van der Waals surface area contributed by atoms with Crippen molar-refractivity contribution < 1.29 is 19.1 Å². The zero-order valence-electron chi connectivity index (χ0n) is 9.77. The van der Waals surface area contributed by atoms with E-state index in [9.17, 15) is 14.4 Å². The van der Waals surface area contributed by atoms with Crippen LogP contribution in [0.4, 0.5) is 0 Å². The molecule has 17 heavy (non-hydrogen) atoms. The van der Waals surface area contributed by atoms with Crippen molar-refractivity contribution >= 4 is 17.7 Å². The largest absolute Gasteiger partial charge is 0.379 e. The minimum Gasteiger partial charge on any atom is -0.379 e. The van der Waals surface area contributed by atoms with Gasteiger partial charge in [0.2, 0.25) is 5.91 Å². The van der Waals surface area contributed by atoms with E-state index in [0.29, 0.717) is 6.54 Å². The quantitative estimate of drug-likeness (QED) is 0.479. The topological polar surface area (TPSA) is 75.7 Å². The fourth-order valence-corrected chi connectivity index (χ4v) is 1.36. The van der Waals surface area contributed by atoms with E-state index in [1.165, 1.54) is 12.2 Å². The lowest BCUT2D eigenvalue weighted by Crippen LogP contribution is -2.33.